The lowest BCUT2D eigenvalue weighted by molar-refractivity contribution is 1.39. The van der Waals surface area contributed by atoms with Gasteiger partial charge in [-0.05, 0) is 37.5 Å². The smallest absolute Gasteiger partial charge is 0.0236 e. The summed E-state index contributed by atoms with van der Waals surface area (Å²) >= 11 is 0. The number of benzene rings is 1. The Balaban J connectivity index is 3.17. The first-order valence-electron chi connectivity index (χ1n) is 2.95. The monoisotopic (exact) mass is 118 g/mol. The Kier molecular flexibility index (Phi) is 1.56. The number of hydrogen-bond donors (Lipinski definition) is 0. The first kappa shape index (κ1) is 6.34. The molecule has 9 heavy (non-hydrogen) atoms. The summed E-state index contributed by atoms with van der Waals surface area (Å²) < 4.78 is 0. The van der Waals surface area contributed by atoms with Gasteiger partial charge in [0.2, 0.25) is 0 Å². The van der Waals surface area contributed by atoms with Crippen LogP contribution in [0.25, 0.3) is 0 Å². The Bertz CT molecular complexity index is 211. The fraction of sp³-hybridized carbons (Fsp3) is 0.111. The molecular weight excluding hydrogens is 108 g/mol. The summed E-state index contributed by atoms with van der Waals surface area (Å²) in [5.74, 6) is 0. The third-order valence-electron chi connectivity index (χ3n) is 1.41. The predicted octanol–water partition coefficient (Wildman–Crippen LogP) is 2.36. The van der Waals surface area contributed by atoms with Gasteiger partial charge in [-0.3, -0.25) is 0 Å². The highest BCUT2D eigenvalue weighted by Gasteiger charge is 1.89. The van der Waals surface area contributed by atoms with Gasteiger partial charge in [0.25, 0.3) is 0 Å². The summed E-state index contributed by atoms with van der Waals surface area (Å²) in [6.45, 7) is 9.67. The van der Waals surface area contributed by atoms with Gasteiger partial charge in [0, 0.05) is 0 Å². The van der Waals surface area contributed by atoms with Gasteiger partial charge in [0.05, 0.1) is 0 Å². The van der Waals surface area contributed by atoms with Gasteiger partial charge in [-0.25, -0.2) is 0 Å². The van der Waals surface area contributed by atoms with E-state index in [9.17, 15) is 0 Å². The molecule has 0 amide bonds. The predicted molar refractivity (Wildman–Crippen MR) is 40.1 cm³/mol. The van der Waals surface area contributed by atoms with E-state index in [0.717, 1.165) is 11.1 Å². The molecule has 0 saturated carbocycles. The Hall–Kier alpha value is -0.780. The fourth-order valence-corrected chi connectivity index (χ4v) is 0.758. The minimum atomic E-state index is 1.06. The van der Waals surface area contributed by atoms with Crippen LogP contribution in [0.4, 0.5) is 0 Å². The van der Waals surface area contributed by atoms with Crippen LogP contribution in [0.2, 0.25) is 0 Å². The molecule has 0 saturated heterocycles. The molecule has 1 aromatic carbocycles. The Morgan fingerprint density at radius 1 is 1.22 bits per heavy atom. The van der Waals surface area contributed by atoms with Crippen molar-refractivity contribution >= 4 is 0 Å². The van der Waals surface area contributed by atoms with Crippen molar-refractivity contribution in [1.82, 2.24) is 0 Å². The van der Waals surface area contributed by atoms with Crippen LogP contribution in [0.15, 0.2) is 18.2 Å². The van der Waals surface area contributed by atoms with Crippen LogP contribution < -0.4 is 0 Å². The molecule has 0 heteroatoms. The molecule has 0 heterocycles. The van der Waals surface area contributed by atoms with Crippen molar-refractivity contribution < 1.29 is 0 Å². The van der Waals surface area contributed by atoms with Crippen molar-refractivity contribution in [3.8, 4) is 0 Å². The van der Waals surface area contributed by atoms with Gasteiger partial charge in [0.15, 0.2) is 0 Å². The fourth-order valence-electron chi connectivity index (χ4n) is 0.758. The Morgan fingerprint density at radius 3 is 2.33 bits per heavy atom. The molecule has 0 aliphatic carbocycles. The molecule has 46 valence electrons. The molecule has 0 unspecified atom stereocenters. The second-order valence-electron chi connectivity index (χ2n) is 2.26. The van der Waals surface area contributed by atoms with Crippen molar-refractivity contribution in [3.63, 3.8) is 0 Å². The zero-order chi connectivity index (χ0) is 6.85. The number of rotatable bonds is 0. The van der Waals surface area contributed by atoms with Gasteiger partial charge >= 0.3 is 0 Å². The summed E-state index contributed by atoms with van der Waals surface area (Å²) in [6, 6.07) is 5.98. The number of aryl methyl sites for hydroxylation is 1. The van der Waals surface area contributed by atoms with E-state index in [2.05, 4.69) is 13.8 Å². The van der Waals surface area contributed by atoms with Crippen molar-refractivity contribution in [2.75, 3.05) is 0 Å². The summed E-state index contributed by atoms with van der Waals surface area (Å²) in [6.07, 6.45) is 0. The Morgan fingerprint density at radius 2 is 1.89 bits per heavy atom. The standard InChI is InChI=1S/C9H10/c1-7-4-5-8(2)9(3)6-7/h4-6H,1-2H2,3H3. The minimum Gasteiger partial charge on any atom is -0.0587 e. The van der Waals surface area contributed by atoms with Crippen LogP contribution in [0, 0.1) is 20.8 Å². The average Bonchev–Trinajstić information content (AvgIpc) is 1.80. The zero-order valence-electron chi connectivity index (χ0n) is 5.65. The molecule has 1 rings (SSSR count). The molecule has 0 bridgehead atoms. The third kappa shape index (κ3) is 1.32. The van der Waals surface area contributed by atoms with Crippen LogP contribution in [0.3, 0.4) is 0 Å². The zero-order valence-corrected chi connectivity index (χ0v) is 5.65. The SMILES string of the molecule is [CH2]c1ccc([CH2])c(C)c1. The van der Waals surface area contributed by atoms with E-state index < -0.39 is 0 Å². The van der Waals surface area contributed by atoms with Gasteiger partial charge in [-0.15, -0.1) is 0 Å². The lowest BCUT2D eigenvalue weighted by Gasteiger charge is -1.98. The highest BCUT2D eigenvalue weighted by molar-refractivity contribution is 5.33. The molecule has 0 nitrogen and oxygen atoms in total. The highest BCUT2D eigenvalue weighted by Crippen LogP contribution is 2.07. The van der Waals surface area contributed by atoms with E-state index in [1.807, 2.05) is 25.1 Å². The van der Waals surface area contributed by atoms with Crippen LogP contribution in [-0.4, -0.2) is 0 Å². The van der Waals surface area contributed by atoms with E-state index in [4.69, 9.17) is 0 Å². The molecule has 0 aliphatic heterocycles. The van der Waals surface area contributed by atoms with Crippen molar-refractivity contribution in [3.05, 3.63) is 48.7 Å². The first-order chi connectivity index (χ1) is 4.20. The van der Waals surface area contributed by atoms with E-state index in [1.54, 1.807) is 0 Å². The third-order valence-corrected chi connectivity index (χ3v) is 1.41. The van der Waals surface area contributed by atoms with Crippen LogP contribution >= 0.6 is 0 Å². The van der Waals surface area contributed by atoms with Crippen LogP contribution in [0.1, 0.15) is 16.7 Å². The van der Waals surface area contributed by atoms with Crippen molar-refractivity contribution in [1.29, 1.82) is 0 Å². The lowest BCUT2D eigenvalue weighted by Crippen LogP contribution is -1.79. The maximum Gasteiger partial charge on any atom is -0.0236 e. The van der Waals surface area contributed by atoms with Crippen LogP contribution in [0.5, 0.6) is 0 Å². The van der Waals surface area contributed by atoms with Gasteiger partial charge in [-0.1, -0.05) is 18.2 Å². The average molecular weight is 118 g/mol. The van der Waals surface area contributed by atoms with E-state index in [0.29, 0.717) is 0 Å². The first-order valence-corrected chi connectivity index (χ1v) is 2.95. The highest BCUT2D eigenvalue weighted by atomic mass is 13.9. The summed E-state index contributed by atoms with van der Waals surface area (Å²) in [7, 11) is 0. The lowest BCUT2D eigenvalue weighted by atomic mass is 10.1. The molecule has 0 N–H and O–H groups in total. The summed E-state index contributed by atoms with van der Waals surface area (Å²) in [5, 5.41) is 0. The van der Waals surface area contributed by atoms with Crippen LogP contribution in [-0.2, 0) is 0 Å². The molecule has 0 aromatic heterocycles. The molecular formula is C9H10. The molecule has 0 fully saturated rings. The van der Waals surface area contributed by atoms with E-state index in [1.165, 1.54) is 5.56 Å². The largest absolute Gasteiger partial charge is 0.0587 e. The maximum absolute atomic E-state index is 3.83. The second-order valence-corrected chi connectivity index (χ2v) is 2.26. The van der Waals surface area contributed by atoms with Crippen molar-refractivity contribution in [2.24, 2.45) is 0 Å². The van der Waals surface area contributed by atoms with Gasteiger partial charge < -0.3 is 0 Å². The van der Waals surface area contributed by atoms with Gasteiger partial charge in [0.1, 0.15) is 0 Å². The topological polar surface area (TPSA) is 0 Å². The van der Waals surface area contributed by atoms with E-state index in [-0.39, 0.29) is 0 Å². The van der Waals surface area contributed by atoms with Crippen molar-refractivity contribution in [2.45, 2.75) is 6.92 Å². The minimum absolute atomic E-state index is 1.06. The Labute approximate surface area is 56.5 Å². The van der Waals surface area contributed by atoms with E-state index >= 15 is 0 Å². The van der Waals surface area contributed by atoms with Gasteiger partial charge in [-0.2, -0.15) is 0 Å². The summed E-state index contributed by atoms with van der Waals surface area (Å²) in [4.78, 5) is 0. The quantitative estimate of drug-likeness (QED) is 0.490. The molecule has 0 atom stereocenters. The second kappa shape index (κ2) is 2.22. The molecule has 2 radical (unpaired) electrons. The maximum atomic E-state index is 3.83. The molecule has 0 spiro atoms. The summed E-state index contributed by atoms with van der Waals surface area (Å²) in [5.41, 5.74) is 3.35. The molecule has 1 aromatic rings. The number of hydrogen-bond acceptors (Lipinski definition) is 0. The normalized spacial score (nSPS) is 9.67. The molecule has 0 aliphatic rings.